The number of fused-ring (bicyclic) bond motifs is 1. The summed E-state index contributed by atoms with van der Waals surface area (Å²) in [6, 6.07) is 8.36. The molecule has 2 aromatic heterocycles. The van der Waals surface area contributed by atoms with Crippen LogP contribution in [0.3, 0.4) is 0 Å². The third-order valence-corrected chi connectivity index (χ3v) is 5.17. The minimum atomic E-state index is 0.141. The molecule has 21 heavy (non-hydrogen) atoms. The van der Waals surface area contributed by atoms with Crippen LogP contribution in [0.4, 0.5) is 5.13 Å². The number of nitrogens with one attached hydrogen (secondary N) is 1. The third-order valence-electron chi connectivity index (χ3n) is 3.07. The molecule has 1 unspecified atom stereocenters. The Morgan fingerprint density at radius 2 is 1.90 bits per heavy atom. The average molecular weight is 318 g/mol. The highest BCUT2D eigenvalue weighted by Crippen LogP contribution is 2.29. The lowest BCUT2D eigenvalue weighted by atomic mass is 10.1. The van der Waals surface area contributed by atoms with Crippen LogP contribution < -0.4 is 5.32 Å². The normalized spacial score (nSPS) is 13.0. The number of benzene rings is 1. The lowest BCUT2D eigenvalue weighted by Gasteiger charge is -2.08. The van der Waals surface area contributed by atoms with Crippen molar-refractivity contribution in [2.24, 2.45) is 5.92 Å². The number of thiazole rings is 1. The molecule has 0 aliphatic heterocycles. The standard InChI is InChI=1S/C15H18N4S2/c1-9(2)8-13-18-19-15(21-13)16-10(3)14-17-11-6-4-5-7-12(11)20-14/h4-7,9-10H,8H2,1-3H3,(H,16,19). The number of nitrogens with zero attached hydrogens (tertiary/aromatic N) is 3. The van der Waals surface area contributed by atoms with E-state index < -0.39 is 0 Å². The van der Waals surface area contributed by atoms with Crippen molar-refractivity contribution in [3.05, 3.63) is 34.3 Å². The maximum absolute atomic E-state index is 4.68. The molecule has 1 atom stereocenters. The first-order chi connectivity index (χ1) is 10.1. The largest absolute Gasteiger partial charge is 0.351 e. The molecule has 1 aromatic carbocycles. The zero-order chi connectivity index (χ0) is 14.8. The van der Waals surface area contributed by atoms with Gasteiger partial charge in [0.2, 0.25) is 5.13 Å². The number of rotatable bonds is 5. The van der Waals surface area contributed by atoms with Crippen LogP contribution in [-0.2, 0) is 6.42 Å². The molecule has 3 aromatic rings. The molecule has 3 rings (SSSR count). The van der Waals surface area contributed by atoms with Crippen LogP contribution >= 0.6 is 22.7 Å². The molecular weight excluding hydrogens is 300 g/mol. The zero-order valence-electron chi connectivity index (χ0n) is 12.3. The molecule has 0 amide bonds. The van der Waals surface area contributed by atoms with Gasteiger partial charge in [-0.2, -0.15) is 0 Å². The van der Waals surface area contributed by atoms with Crippen molar-refractivity contribution in [1.82, 2.24) is 15.2 Å². The highest BCUT2D eigenvalue weighted by Gasteiger charge is 2.14. The lowest BCUT2D eigenvalue weighted by Crippen LogP contribution is -2.05. The van der Waals surface area contributed by atoms with Gasteiger partial charge in [-0.1, -0.05) is 37.3 Å². The van der Waals surface area contributed by atoms with Gasteiger partial charge in [0.05, 0.1) is 16.3 Å². The highest BCUT2D eigenvalue weighted by atomic mass is 32.1. The molecule has 110 valence electrons. The fraction of sp³-hybridized carbons (Fsp3) is 0.400. The summed E-state index contributed by atoms with van der Waals surface area (Å²) in [4.78, 5) is 4.68. The first-order valence-corrected chi connectivity index (χ1v) is 8.69. The third kappa shape index (κ3) is 3.39. The second kappa shape index (κ2) is 6.07. The fourth-order valence-electron chi connectivity index (χ4n) is 2.07. The molecule has 2 heterocycles. The van der Waals surface area contributed by atoms with E-state index in [1.54, 1.807) is 22.7 Å². The number of anilines is 1. The Morgan fingerprint density at radius 3 is 2.67 bits per heavy atom. The van der Waals surface area contributed by atoms with E-state index in [-0.39, 0.29) is 6.04 Å². The van der Waals surface area contributed by atoms with Crippen LogP contribution in [0.25, 0.3) is 10.2 Å². The van der Waals surface area contributed by atoms with Gasteiger partial charge in [0, 0.05) is 6.42 Å². The number of aromatic nitrogens is 3. The van der Waals surface area contributed by atoms with E-state index in [4.69, 9.17) is 0 Å². The highest BCUT2D eigenvalue weighted by molar-refractivity contribution is 7.18. The summed E-state index contributed by atoms with van der Waals surface area (Å²) in [5.41, 5.74) is 1.06. The maximum atomic E-state index is 4.68. The van der Waals surface area contributed by atoms with E-state index in [1.165, 1.54) is 4.70 Å². The topological polar surface area (TPSA) is 50.7 Å². The summed E-state index contributed by atoms with van der Waals surface area (Å²) in [5, 5.41) is 14.9. The molecule has 0 spiro atoms. The molecule has 0 radical (unpaired) electrons. The number of para-hydroxylation sites is 1. The maximum Gasteiger partial charge on any atom is 0.206 e. The summed E-state index contributed by atoms with van der Waals surface area (Å²) in [6.07, 6.45) is 0.981. The molecular formula is C15H18N4S2. The molecule has 0 aliphatic carbocycles. The van der Waals surface area contributed by atoms with E-state index >= 15 is 0 Å². The van der Waals surface area contributed by atoms with E-state index in [0.29, 0.717) is 5.92 Å². The molecule has 4 nitrogen and oxygen atoms in total. The van der Waals surface area contributed by atoms with Crippen molar-refractivity contribution >= 4 is 38.0 Å². The second-order valence-corrected chi connectivity index (χ2v) is 7.61. The molecule has 6 heteroatoms. The van der Waals surface area contributed by atoms with Crippen LogP contribution in [-0.4, -0.2) is 15.2 Å². The predicted octanol–water partition coefficient (Wildman–Crippen LogP) is 4.52. The lowest BCUT2D eigenvalue weighted by molar-refractivity contribution is 0.640. The van der Waals surface area contributed by atoms with Crippen LogP contribution in [0, 0.1) is 5.92 Å². The van der Waals surface area contributed by atoms with Crippen molar-refractivity contribution < 1.29 is 0 Å². The van der Waals surface area contributed by atoms with Gasteiger partial charge in [-0.05, 0) is 25.0 Å². The Morgan fingerprint density at radius 1 is 1.10 bits per heavy atom. The molecule has 0 aliphatic rings. The van der Waals surface area contributed by atoms with Gasteiger partial charge in [0.1, 0.15) is 10.0 Å². The van der Waals surface area contributed by atoms with Crippen LogP contribution in [0.1, 0.15) is 36.8 Å². The van der Waals surface area contributed by atoms with Crippen molar-refractivity contribution in [3.8, 4) is 0 Å². The van der Waals surface area contributed by atoms with Crippen molar-refractivity contribution in [3.63, 3.8) is 0 Å². The molecule has 0 bridgehead atoms. The quantitative estimate of drug-likeness (QED) is 0.751. The van der Waals surface area contributed by atoms with Crippen LogP contribution in [0.5, 0.6) is 0 Å². The Labute approximate surface area is 132 Å². The van der Waals surface area contributed by atoms with Gasteiger partial charge in [-0.3, -0.25) is 0 Å². The average Bonchev–Trinajstić information content (AvgIpc) is 3.04. The van der Waals surface area contributed by atoms with Gasteiger partial charge < -0.3 is 5.32 Å². The van der Waals surface area contributed by atoms with Gasteiger partial charge in [-0.15, -0.1) is 21.5 Å². The van der Waals surface area contributed by atoms with Gasteiger partial charge in [-0.25, -0.2) is 4.98 Å². The zero-order valence-corrected chi connectivity index (χ0v) is 14.0. The molecule has 0 fully saturated rings. The van der Waals surface area contributed by atoms with Crippen LogP contribution in [0.15, 0.2) is 24.3 Å². The van der Waals surface area contributed by atoms with E-state index in [1.807, 2.05) is 18.2 Å². The Balaban J connectivity index is 1.73. The first-order valence-electron chi connectivity index (χ1n) is 7.06. The number of hydrogen-bond acceptors (Lipinski definition) is 6. The molecule has 0 saturated carbocycles. The minimum Gasteiger partial charge on any atom is -0.351 e. The SMILES string of the molecule is CC(C)Cc1nnc(NC(C)c2nc3ccccc3s2)s1. The van der Waals surface area contributed by atoms with Crippen LogP contribution in [0.2, 0.25) is 0 Å². The fourth-order valence-corrected chi connectivity index (χ4v) is 4.07. The van der Waals surface area contributed by atoms with Gasteiger partial charge in [0.25, 0.3) is 0 Å². The first kappa shape index (κ1) is 14.4. The second-order valence-electron chi connectivity index (χ2n) is 5.48. The Hall–Kier alpha value is -1.53. The molecule has 1 N–H and O–H groups in total. The summed E-state index contributed by atoms with van der Waals surface area (Å²) in [7, 11) is 0. The van der Waals surface area contributed by atoms with Crippen molar-refractivity contribution in [1.29, 1.82) is 0 Å². The van der Waals surface area contributed by atoms with Gasteiger partial charge >= 0.3 is 0 Å². The molecule has 0 saturated heterocycles. The Kier molecular flexibility index (Phi) is 4.17. The minimum absolute atomic E-state index is 0.141. The smallest absolute Gasteiger partial charge is 0.206 e. The summed E-state index contributed by atoms with van der Waals surface area (Å²) in [6.45, 7) is 6.50. The predicted molar refractivity (Wildman–Crippen MR) is 90.1 cm³/mol. The van der Waals surface area contributed by atoms with Crippen molar-refractivity contribution in [2.75, 3.05) is 5.32 Å². The van der Waals surface area contributed by atoms with Crippen molar-refractivity contribution in [2.45, 2.75) is 33.2 Å². The Bertz CT molecular complexity index is 699. The summed E-state index contributed by atoms with van der Waals surface area (Å²) < 4.78 is 1.22. The number of hydrogen-bond donors (Lipinski definition) is 1. The van der Waals surface area contributed by atoms with Gasteiger partial charge in [0.15, 0.2) is 0 Å². The van der Waals surface area contributed by atoms with E-state index in [2.05, 4.69) is 47.3 Å². The van der Waals surface area contributed by atoms with E-state index in [9.17, 15) is 0 Å². The summed E-state index contributed by atoms with van der Waals surface area (Å²) in [5.74, 6) is 0.604. The monoisotopic (exact) mass is 318 g/mol. The summed E-state index contributed by atoms with van der Waals surface area (Å²) >= 11 is 3.36. The van der Waals surface area contributed by atoms with E-state index in [0.717, 1.165) is 27.1 Å².